The smallest absolute Gasteiger partial charge is 0.251 e. The largest absolute Gasteiger partial charge is 0.508 e. The lowest BCUT2D eigenvalue weighted by Gasteiger charge is -2.07. The summed E-state index contributed by atoms with van der Waals surface area (Å²) in [6.45, 7) is 0.467. The Hall–Kier alpha value is -2.31. The van der Waals surface area contributed by atoms with Gasteiger partial charge in [0.1, 0.15) is 16.7 Å². The minimum atomic E-state index is -0.255. The van der Waals surface area contributed by atoms with Crippen molar-refractivity contribution < 1.29 is 9.90 Å². The van der Waals surface area contributed by atoms with Crippen LogP contribution in [0, 0.1) is 0 Å². The van der Waals surface area contributed by atoms with Crippen LogP contribution in [-0.4, -0.2) is 22.5 Å². The number of halogens is 1. The number of carbonyl (C=O) groups is 1. The average molecular weight is 307 g/mol. The van der Waals surface area contributed by atoms with Gasteiger partial charge in [-0.25, -0.2) is 10.8 Å². The van der Waals surface area contributed by atoms with Crippen LogP contribution in [0.4, 0.5) is 5.82 Å². The maximum Gasteiger partial charge on any atom is 0.251 e. The maximum absolute atomic E-state index is 12.0. The predicted octanol–water partition coefficient (Wildman–Crippen LogP) is 1.70. The SMILES string of the molecule is NNc1cc(C(=O)NCCc2ccc(O)cc2)cc(Cl)n1. The van der Waals surface area contributed by atoms with Gasteiger partial charge in [0.25, 0.3) is 5.91 Å². The minimum absolute atomic E-state index is 0.189. The van der Waals surface area contributed by atoms with Crippen molar-refractivity contribution in [2.75, 3.05) is 12.0 Å². The molecule has 5 N–H and O–H groups in total. The van der Waals surface area contributed by atoms with Crippen molar-refractivity contribution in [2.24, 2.45) is 5.84 Å². The highest BCUT2D eigenvalue weighted by molar-refractivity contribution is 6.29. The highest BCUT2D eigenvalue weighted by atomic mass is 35.5. The third kappa shape index (κ3) is 4.34. The number of hydrogen-bond acceptors (Lipinski definition) is 5. The summed E-state index contributed by atoms with van der Waals surface area (Å²) >= 11 is 5.81. The molecule has 2 aromatic rings. The van der Waals surface area contributed by atoms with Gasteiger partial charge >= 0.3 is 0 Å². The number of phenolic OH excluding ortho intramolecular Hbond substituents is 1. The first-order valence-electron chi connectivity index (χ1n) is 6.29. The number of nitrogens with two attached hydrogens (primary N) is 1. The first kappa shape index (κ1) is 15.1. The second kappa shape index (κ2) is 6.92. The number of hydrogen-bond donors (Lipinski definition) is 4. The van der Waals surface area contributed by atoms with E-state index in [0.717, 1.165) is 5.56 Å². The molecule has 1 aromatic carbocycles. The number of benzene rings is 1. The molecule has 0 atom stereocenters. The van der Waals surface area contributed by atoms with Crippen LogP contribution < -0.4 is 16.6 Å². The molecule has 0 aliphatic heterocycles. The van der Waals surface area contributed by atoms with Crippen LogP contribution >= 0.6 is 11.6 Å². The number of amides is 1. The zero-order valence-corrected chi connectivity index (χ0v) is 11.9. The summed E-state index contributed by atoms with van der Waals surface area (Å²) in [4.78, 5) is 15.9. The Morgan fingerprint density at radius 1 is 1.29 bits per heavy atom. The standard InChI is InChI=1S/C14H15ClN4O2/c15-12-7-10(8-13(18-12)19-16)14(21)17-6-5-9-1-3-11(20)4-2-9/h1-4,7-8,20H,5-6,16H2,(H,17,21)(H,18,19). The number of nitrogens with zero attached hydrogens (tertiary/aromatic N) is 1. The van der Waals surface area contributed by atoms with Crippen LogP contribution in [-0.2, 0) is 6.42 Å². The molecule has 0 aliphatic carbocycles. The van der Waals surface area contributed by atoms with Crippen LogP contribution in [0.25, 0.3) is 0 Å². The van der Waals surface area contributed by atoms with Gasteiger partial charge in [-0.3, -0.25) is 4.79 Å². The van der Waals surface area contributed by atoms with Gasteiger partial charge in [0, 0.05) is 12.1 Å². The molecule has 0 radical (unpaired) electrons. The number of anilines is 1. The monoisotopic (exact) mass is 306 g/mol. The van der Waals surface area contributed by atoms with Crippen molar-refractivity contribution in [3.63, 3.8) is 0 Å². The zero-order valence-electron chi connectivity index (χ0n) is 11.1. The molecule has 0 saturated heterocycles. The van der Waals surface area contributed by atoms with Gasteiger partial charge in [0.2, 0.25) is 0 Å². The summed E-state index contributed by atoms with van der Waals surface area (Å²) in [5.41, 5.74) is 3.75. The van der Waals surface area contributed by atoms with E-state index in [9.17, 15) is 9.90 Å². The molecular weight excluding hydrogens is 292 g/mol. The van der Waals surface area contributed by atoms with Crippen LogP contribution in [0.5, 0.6) is 5.75 Å². The van der Waals surface area contributed by atoms with E-state index < -0.39 is 0 Å². The van der Waals surface area contributed by atoms with Crippen LogP contribution in [0.3, 0.4) is 0 Å². The molecule has 0 aliphatic rings. The van der Waals surface area contributed by atoms with Crippen molar-refractivity contribution in [2.45, 2.75) is 6.42 Å². The zero-order chi connectivity index (χ0) is 15.2. The van der Waals surface area contributed by atoms with E-state index in [-0.39, 0.29) is 16.8 Å². The lowest BCUT2D eigenvalue weighted by atomic mass is 10.1. The second-order valence-corrected chi connectivity index (χ2v) is 4.77. The molecule has 0 fully saturated rings. The quantitative estimate of drug-likeness (QED) is 0.383. The molecule has 0 saturated carbocycles. The third-order valence-corrected chi connectivity index (χ3v) is 3.03. The Morgan fingerprint density at radius 2 is 2.00 bits per heavy atom. The molecule has 1 heterocycles. The summed E-state index contributed by atoms with van der Waals surface area (Å²) in [6.07, 6.45) is 0.660. The van der Waals surface area contributed by atoms with Crippen LogP contribution in [0.15, 0.2) is 36.4 Å². The van der Waals surface area contributed by atoms with Gasteiger partial charge in [-0.15, -0.1) is 0 Å². The average Bonchev–Trinajstić information content (AvgIpc) is 2.48. The summed E-state index contributed by atoms with van der Waals surface area (Å²) in [6, 6.07) is 9.82. The molecule has 1 aromatic heterocycles. The van der Waals surface area contributed by atoms with Crippen molar-refractivity contribution in [3.05, 3.63) is 52.7 Å². The van der Waals surface area contributed by atoms with Gasteiger partial charge in [-0.1, -0.05) is 23.7 Å². The highest BCUT2D eigenvalue weighted by Gasteiger charge is 2.08. The summed E-state index contributed by atoms with van der Waals surface area (Å²) in [5.74, 6) is 5.54. The number of rotatable bonds is 5. The second-order valence-electron chi connectivity index (χ2n) is 4.38. The van der Waals surface area contributed by atoms with Crippen molar-refractivity contribution >= 4 is 23.3 Å². The highest BCUT2D eigenvalue weighted by Crippen LogP contribution is 2.14. The fraction of sp³-hybridized carbons (Fsp3) is 0.143. The fourth-order valence-corrected chi connectivity index (χ4v) is 2.00. The Labute approximate surface area is 126 Å². The number of carbonyl (C=O) groups excluding carboxylic acids is 1. The van der Waals surface area contributed by atoms with E-state index in [0.29, 0.717) is 24.3 Å². The topological polar surface area (TPSA) is 100 Å². The van der Waals surface area contributed by atoms with E-state index in [1.807, 2.05) is 0 Å². The molecule has 7 heteroatoms. The molecule has 6 nitrogen and oxygen atoms in total. The minimum Gasteiger partial charge on any atom is -0.508 e. The Bertz CT molecular complexity index is 631. The number of phenols is 1. The van der Waals surface area contributed by atoms with E-state index >= 15 is 0 Å². The van der Waals surface area contributed by atoms with Crippen molar-refractivity contribution in [3.8, 4) is 5.75 Å². The molecule has 2 rings (SSSR count). The van der Waals surface area contributed by atoms with Gasteiger partial charge in [0.05, 0.1) is 0 Å². The van der Waals surface area contributed by atoms with E-state index in [1.165, 1.54) is 12.1 Å². The van der Waals surface area contributed by atoms with Crippen molar-refractivity contribution in [1.82, 2.24) is 10.3 Å². The first-order chi connectivity index (χ1) is 10.1. The van der Waals surface area contributed by atoms with E-state index in [2.05, 4.69) is 15.7 Å². The van der Waals surface area contributed by atoms with Crippen LogP contribution in [0.2, 0.25) is 5.15 Å². The Kier molecular flexibility index (Phi) is 4.97. The Balaban J connectivity index is 1.92. The summed E-state index contributed by atoms with van der Waals surface area (Å²) in [5, 5.41) is 12.2. The van der Waals surface area contributed by atoms with Gasteiger partial charge in [-0.05, 0) is 36.2 Å². The van der Waals surface area contributed by atoms with Gasteiger partial charge < -0.3 is 15.8 Å². The lowest BCUT2D eigenvalue weighted by molar-refractivity contribution is 0.0954. The number of pyridine rings is 1. The van der Waals surface area contributed by atoms with E-state index in [1.54, 1.807) is 24.3 Å². The Morgan fingerprint density at radius 3 is 2.67 bits per heavy atom. The third-order valence-electron chi connectivity index (χ3n) is 2.84. The number of nitrogens with one attached hydrogen (secondary N) is 2. The number of nitrogen functional groups attached to an aromatic ring is 1. The number of aromatic nitrogens is 1. The molecule has 0 spiro atoms. The van der Waals surface area contributed by atoms with Gasteiger partial charge in [-0.2, -0.15) is 0 Å². The molecule has 0 bridgehead atoms. The number of hydrazine groups is 1. The van der Waals surface area contributed by atoms with Crippen LogP contribution in [0.1, 0.15) is 15.9 Å². The summed E-state index contributed by atoms with van der Waals surface area (Å²) in [7, 11) is 0. The molecule has 21 heavy (non-hydrogen) atoms. The van der Waals surface area contributed by atoms with Crippen molar-refractivity contribution in [1.29, 1.82) is 0 Å². The molecule has 0 unspecified atom stereocenters. The number of aromatic hydroxyl groups is 1. The van der Waals surface area contributed by atoms with E-state index in [4.69, 9.17) is 17.4 Å². The molecular formula is C14H15ClN4O2. The lowest BCUT2D eigenvalue weighted by Crippen LogP contribution is -2.26. The molecule has 1 amide bonds. The fourth-order valence-electron chi connectivity index (χ4n) is 1.79. The summed E-state index contributed by atoms with van der Waals surface area (Å²) < 4.78 is 0. The maximum atomic E-state index is 12.0. The molecule has 110 valence electrons. The normalized spacial score (nSPS) is 10.2. The first-order valence-corrected chi connectivity index (χ1v) is 6.66. The van der Waals surface area contributed by atoms with Gasteiger partial charge in [0.15, 0.2) is 0 Å². The predicted molar refractivity (Wildman–Crippen MR) is 81.2 cm³/mol.